The fourth-order valence-electron chi connectivity index (χ4n) is 3.07. The maximum Gasteiger partial charge on any atom is 0.270 e. The highest BCUT2D eigenvalue weighted by Gasteiger charge is 2.20. The fourth-order valence-corrected chi connectivity index (χ4v) is 3.07. The normalized spacial score (nSPS) is 11.9. The third kappa shape index (κ3) is 3.60. The van der Waals surface area contributed by atoms with Crippen LogP contribution in [-0.2, 0) is 0 Å². The number of nitrogens with one attached hydrogen (secondary N) is 1. The molecule has 2 aromatic heterocycles. The van der Waals surface area contributed by atoms with Gasteiger partial charge >= 0.3 is 0 Å². The highest BCUT2D eigenvalue weighted by molar-refractivity contribution is 5.94. The summed E-state index contributed by atoms with van der Waals surface area (Å²) in [6, 6.07) is 23.0. The molecule has 4 rings (SSSR count). The fraction of sp³-hybridized carbons (Fsp3) is 0.130. The Morgan fingerprint density at radius 2 is 1.79 bits per heavy atom. The molecule has 0 unspecified atom stereocenters. The maximum absolute atomic E-state index is 13.1. The molecule has 1 atom stereocenters. The van der Waals surface area contributed by atoms with Gasteiger partial charge in [-0.2, -0.15) is 5.10 Å². The summed E-state index contributed by atoms with van der Waals surface area (Å²) in [4.78, 5) is 13.1. The van der Waals surface area contributed by atoms with Crippen molar-refractivity contribution in [2.45, 2.75) is 19.9 Å². The third-order valence-electron chi connectivity index (χ3n) is 4.64. The van der Waals surface area contributed by atoms with Gasteiger partial charge in [-0.3, -0.25) is 4.79 Å². The summed E-state index contributed by atoms with van der Waals surface area (Å²) >= 11 is 0. The molecule has 0 radical (unpaired) electrons. The lowest BCUT2D eigenvalue weighted by Gasteiger charge is -2.15. The second-order valence-electron chi connectivity index (χ2n) is 6.75. The Kier molecular flexibility index (Phi) is 4.81. The predicted octanol–water partition coefficient (Wildman–Crippen LogP) is 4.93. The van der Waals surface area contributed by atoms with E-state index in [9.17, 15) is 4.79 Å². The van der Waals surface area contributed by atoms with Crippen LogP contribution in [0.2, 0.25) is 0 Å². The summed E-state index contributed by atoms with van der Waals surface area (Å²) in [6.07, 6.45) is 1.59. The molecule has 1 amide bonds. The zero-order valence-corrected chi connectivity index (χ0v) is 15.8. The van der Waals surface area contributed by atoms with E-state index in [1.807, 2.05) is 74.5 Å². The summed E-state index contributed by atoms with van der Waals surface area (Å²) in [5, 5.41) is 7.68. The van der Waals surface area contributed by atoms with Gasteiger partial charge in [-0.15, -0.1) is 0 Å². The molecule has 0 aliphatic heterocycles. The highest BCUT2D eigenvalue weighted by Crippen LogP contribution is 2.23. The molecule has 28 heavy (non-hydrogen) atoms. The molecular weight excluding hydrogens is 350 g/mol. The van der Waals surface area contributed by atoms with E-state index in [0.717, 1.165) is 16.8 Å². The van der Waals surface area contributed by atoms with Gasteiger partial charge in [0.1, 0.15) is 11.4 Å². The van der Waals surface area contributed by atoms with Crippen molar-refractivity contribution in [1.29, 1.82) is 0 Å². The van der Waals surface area contributed by atoms with Crippen molar-refractivity contribution < 1.29 is 9.21 Å². The van der Waals surface area contributed by atoms with Gasteiger partial charge in [0.15, 0.2) is 5.76 Å². The van der Waals surface area contributed by atoms with E-state index in [1.54, 1.807) is 23.1 Å². The molecular formula is C23H21N3O2. The monoisotopic (exact) mass is 371 g/mol. The summed E-state index contributed by atoms with van der Waals surface area (Å²) < 4.78 is 7.12. The molecule has 1 N–H and O–H groups in total. The lowest BCUT2D eigenvalue weighted by Crippen LogP contribution is -2.28. The first-order valence-corrected chi connectivity index (χ1v) is 9.18. The van der Waals surface area contributed by atoms with Crippen LogP contribution in [0.5, 0.6) is 0 Å². The van der Waals surface area contributed by atoms with Crippen molar-refractivity contribution in [2.24, 2.45) is 0 Å². The molecule has 0 aliphatic carbocycles. The second-order valence-corrected chi connectivity index (χ2v) is 6.75. The zero-order chi connectivity index (χ0) is 19.5. The number of aromatic nitrogens is 2. The van der Waals surface area contributed by atoms with E-state index >= 15 is 0 Å². The molecule has 4 aromatic rings. The summed E-state index contributed by atoms with van der Waals surface area (Å²) in [5.41, 5.74) is 4.08. The first-order valence-electron chi connectivity index (χ1n) is 9.18. The second kappa shape index (κ2) is 7.56. The summed E-state index contributed by atoms with van der Waals surface area (Å²) in [6.45, 7) is 3.99. The van der Waals surface area contributed by atoms with E-state index in [2.05, 4.69) is 10.4 Å². The molecule has 140 valence electrons. The SMILES string of the molecule is Cc1ccc(-n2nc(-c3ccco3)cc2C(=O)N[C@@H](C)c2ccccc2)cc1. The molecule has 0 fully saturated rings. The van der Waals surface area contributed by atoms with Crippen LogP contribution in [0.4, 0.5) is 0 Å². The van der Waals surface area contributed by atoms with Crippen LogP contribution in [-0.4, -0.2) is 15.7 Å². The number of benzene rings is 2. The lowest BCUT2D eigenvalue weighted by atomic mass is 10.1. The molecule has 0 saturated heterocycles. The van der Waals surface area contributed by atoms with Gasteiger partial charge in [0.05, 0.1) is 18.0 Å². The number of furan rings is 1. The van der Waals surface area contributed by atoms with Crippen LogP contribution in [0, 0.1) is 6.92 Å². The van der Waals surface area contributed by atoms with Crippen LogP contribution in [0.15, 0.2) is 83.5 Å². The quantitative estimate of drug-likeness (QED) is 0.541. The Balaban J connectivity index is 1.70. The summed E-state index contributed by atoms with van der Waals surface area (Å²) in [7, 11) is 0. The van der Waals surface area contributed by atoms with Gasteiger partial charge in [0.25, 0.3) is 5.91 Å². The Bertz CT molecular complexity index is 1070. The van der Waals surface area contributed by atoms with Crippen molar-refractivity contribution in [2.75, 3.05) is 0 Å². The molecule has 2 heterocycles. The minimum absolute atomic E-state index is 0.123. The standard InChI is InChI=1S/C23H21N3O2/c1-16-10-12-19(13-11-16)26-21(15-20(25-26)22-9-6-14-28-22)23(27)24-17(2)18-7-4-3-5-8-18/h3-15,17H,1-2H3,(H,24,27)/t17-/m0/s1. The number of nitrogens with zero attached hydrogens (tertiary/aromatic N) is 2. The van der Waals surface area contributed by atoms with Gasteiger partial charge < -0.3 is 9.73 Å². The Morgan fingerprint density at radius 3 is 2.46 bits per heavy atom. The van der Waals surface area contributed by atoms with Crippen LogP contribution >= 0.6 is 0 Å². The minimum Gasteiger partial charge on any atom is -0.463 e. The van der Waals surface area contributed by atoms with Crippen molar-refractivity contribution in [1.82, 2.24) is 15.1 Å². The number of hydrogen-bond donors (Lipinski definition) is 1. The lowest BCUT2D eigenvalue weighted by molar-refractivity contribution is 0.0932. The van der Waals surface area contributed by atoms with Gasteiger partial charge in [0, 0.05) is 6.07 Å². The predicted molar refractivity (Wildman–Crippen MR) is 108 cm³/mol. The first kappa shape index (κ1) is 17.8. The highest BCUT2D eigenvalue weighted by atomic mass is 16.3. The summed E-state index contributed by atoms with van der Waals surface area (Å²) in [5.74, 6) is 0.429. The number of rotatable bonds is 5. The largest absolute Gasteiger partial charge is 0.463 e. The molecule has 0 aliphatic rings. The van der Waals surface area contributed by atoms with Crippen molar-refractivity contribution >= 4 is 5.91 Å². The molecule has 5 heteroatoms. The van der Waals surface area contributed by atoms with Gasteiger partial charge in [-0.1, -0.05) is 48.0 Å². The van der Waals surface area contributed by atoms with E-state index in [0.29, 0.717) is 17.1 Å². The number of amides is 1. The maximum atomic E-state index is 13.1. The molecule has 5 nitrogen and oxygen atoms in total. The Labute approximate surface area is 163 Å². The van der Waals surface area contributed by atoms with E-state index in [1.165, 1.54) is 0 Å². The average molecular weight is 371 g/mol. The van der Waals surface area contributed by atoms with Crippen LogP contribution in [0.1, 0.15) is 34.6 Å². The van der Waals surface area contributed by atoms with E-state index in [4.69, 9.17) is 4.42 Å². The number of carbonyl (C=O) groups is 1. The van der Waals surface area contributed by atoms with Gasteiger partial charge in [-0.05, 0) is 43.7 Å². The smallest absolute Gasteiger partial charge is 0.270 e. The molecule has 0 saturated carbocycles. The first-order chi connectivity index (χ1) is 13.6. The Hall–Kier alpha value is -3.60. The van der Waals surface area contributed by atoms with Crippen LogP contribution in [0.3, 0.4) is 0 Å². The molecule has 0 bridgehead atoms. The number of hydrogen-bond acceptors (Lipinski definition) is 3. The topological polar surface area (TPSA) is 60.1 Å². The van der Waals surface area contributed by atoms with Crippen molar-refractivity contribution in [3.63, 3.8) is 0 Å². The number of carbonyl (C=O) groups excluding carboxylic acids is 1. The Morgan fingerprint density at radius 1 is 1.04 bits per heavy atom. The van der Waals surface area contributed by atoms with E-state index < -0.39 is 0 Å². The van der Waals surface area contributed by atoms with Crippen molar-refractivity contribution in [3.05, 3.63) is 95.9 Å². The molecule has 0 spiro atoms. The van der Waals surface area contributed by atoms with Gasteiger partial charge in [-0.25, -0.2) is 4.68 Å². The number of aryl methyl sites for hydroxylation is 1. The van der Waals surface area contributed by atoms with Crippen LogP contribution in [0.25, 0.3) is 17.1 Å². The van der Waals surface area contributed by atoms with Crippen molar-refractivity contribution in [3.8, 4) is 17.1 Å². The zero-order valence-electron chi connectivity index (χ0n) is 15.8. The third-order valence-corrected chi connectivity index (χ3v) is 4.64. The van der Waals surface area contributed by atoms with E-state index in [-0.39, 0.29) is 11.9 Å². The van der Waals surface area contributed by atoms with Crippen LogP contribution < -0.4 is 5.32 Å². The minimum atomic E-state index is -0.192. The average Bonchev–Trinajstić information content (AvgIpc) is 3.39. The molecule has 2 aromatic carbocycles. The van der Waals surface area contributed by atoms with Gasteiger partial charge in [0.2, 0.25) is 0 Å².